The monoisotopic (exact) mass is 777 g/mol. The van der Waals surface area contributed by atoms with Crippen molar-refractivity contribution in [3.63, 3.8) is 0 Å². The number of carbonyl (C=O) groups excluding carboxylic acids is 6. The van der Waals surface area contributed by atoms with E-state index in [1.54, 1.807) is 13.8 Å². The van der Waals surface area contributed by atoms with Crippen molar-refractivity contribution in [2.45, 2.75) is 101 Å². The van der Waals surface area contributed by atoms with Crippen LogP contribution < -0.4 is 37.6 Å². The standard InChI is InChI=1S/C30H47N7O17/c1-3-13(2)24(31)29(52)36-16(6-9-22(44)45)27(50)37-17(10-23(46)47)28(51)35-15(5-8-21(42)43)26(49)34-14(4-7-20(40)41)25(48)32-11-19(39)33-18(12-38)30(53)54/h13-18,24,38H,3-12,31H2,1-2H3,(H,32,48)(H,33,39)(H,34,49)(H,35,51)(H,36,52)(H,37,50)(H,40,41)(H,42,43)(H,44,45)(H,46,47)(H,53,54)/t13-,14-,15-,16-,17-,18-,24-/m0/s1. The van der Waals surface area contributed by atoms with Crippen molar-refractivity contribution in [1.29, 1.82) is 0 Å². The number of carbonyl (C=O) groups is 11. The van der Waals surface area contributed by atoms with Gasteiger partial charge in [-0.1, -0.05) is 20.3 Å². The number of aliphatic hydroxyl groups is 1. The third kappa shape index (κ3) is 19.1. The average molecular weight is 778 g/mol. The van der Waals surface area contributed by atoms with Gasteiger partial charge in [0.2, 0.25) is 35.4 Å². The fourth-order valence-corrected chi connectivity index (χ4v) is 4.31. The molecule has 7 atom stereocenters. The zero-order valence-electron chi connectivity index (χ0n) is 29.4. The Morgan fingerprint density at radius 2 is 0.926 bits per heavy atom. The summed E-state index contributed by atoms with van der Waals surface area (Å²) in [6, 6.07) is -10.1. The molecule has 0 saturated carbocycles. The third-order valence-corrected chi connectivity index (χ3v) is 7.65. The molecule has 0 heterocycles. The smallest absolute Gasteiger partial charge is 0.328 e. The van der Waals surface area contributed by atoms with Gasteiger partial charge in [0.05, 0.1) is 25.6 Å². The normalized spacial score (nSPS) is 14.6. The number of aliphatic carboxylic acids is 5. The summed E-state index contributed by atoms with van der Waals surface area (Å²) >= 11 is 0. The van der Waals surface area contributed by atoms with E-state index in [-0.39, 0.29) is 5.92 Å². The molecule has 0 fully saturated rings. The Labute approximate surface area is 307 Å². The maximum Gasteiger partial charge on any atom is 0.328 e. The molecule has 0 rings (SSSR count). The number of carboxylic acids is 5. The predicted octanol–water partition coefficient (Wildman–Crippen LogP) is -4.95. The number of rotatable bonds is 27. The molecular formula is C30H47N7O17. The fourth-order valence-electron chi connectivity index (χ4n) is 4.31. The Morgan fingerprint density at radius 1 is 0.537 bits per heavy atom. The Hall–Kier alpha value is -5.91. The summed E-state index contributed by atoms with van der Waals surface area (Å²) in [5, 5.41) is 67.3. The fraction of sp³-hybridized carbons (Fsp3) is 0.633. The van der Waals surface area contributed by atoms with Gasteiger partial charge in [-0.3, -0.25) is 47.9 Å². The molecule has 0 aromatic heterocycles. The molecule has 0 saturated heterocycles. The minimum atomic E-state index is -2.01. The highest BCUT2D eigenvalue weighted by atomic mass is 16.4. The summed E-state index contributed by atoms with van der Waals surface area (Å²) in [5.41, 5.74) is 5.89. The van der Waals surface area contributed by atoms with E-state index in [2.05, 4.69) is 21.3 Å². The number of amides is 6. The average Bonchev–Trinajstić information content (AvgIpc) is 3.09. The summed E-state index contributed by atoms with van der Waals surface area (Å²) in [6.07, 6.45) is -4.71. The van der Waals surface area contributed by atoms with Gasteiger partial charge in [0, 0.05) is 19.3 Å². The van der Waals surface area contributed by atoms with Gasteiger partial charge in [0.1, 0.15) is 30.2 Å². The molecule has 0 unspecified atom stereocenters. The molecule has 14 N–H and O–H groups in total. The van der Waals surface area contributed by atoms with Crippen LogP contribution in [0.25, 0.3) is 0 Å². The Kier molecular flexibility index (Phi) is 21.7. The van der Waals surface area contributed by atoms with E-state index >= 15 is 0 Å². The zero-order chi connectivity index (χ0) is 41.7. The van der Waals surface area contributed by atoms with Gasteiger partial charge < -0.3 is 68.3 Å². The second-order valence-corrected chi connectivity index (χ2v) is 11.9. The van der Waals surface area contributed by atoms with Crippen LogP contribution in [-0.4, -0.2) is 145 Å². The summed E-state index contributed by atoms with van der Waals surface area (Å²) < 4.78 is 0. The highest BCUT2D eigenvalue weighted by Gasteiger charge is 2.34. The first-order valence-electron chi connectivity index (χ1n) is 16.4. The Bertz CT molecular complexity index is 1410. The van der Waals surface area contributed by atoms with Crippen LogP contribution in [0.15, 0.2) is 0 Å². The molecule has 0 spiro atoms. The highest BCUT2D eigenvalue weighted by Crippen LogP contribution is 2.09. The van der Waals surface area contributed by atoms with E-state index < -0.39 is 160 Å². The van der Waals surface area contributed by atoms with E-state index in [0.717, 1.165) is 0 Å². The topological polar surface area (TPSA) is 407 Å². The van der Waals surface area contributed by atoms with Gasteiger partial charge in [0.15, 0.2) is 0 Å². The van der Waals surface area contributed by atoms with E-state index in [4.69, 9.17) is 26.2 Å². The van der Waals surface area contributed by atoms with E-state index in [1.807, 2.05) is 10.6 Å². The van der Waals surface area contributed by atoms with Gasteiger partial charge >= 0.3 is 29.8 Å². The molecule has 0 aromatic carbocycles. The molecule has 24 heteroatoms. The maximum atomic E-state index is 13.3. The number of nitrogens with one attached hydrogen (secondary N) is 6. The first-order valence-corrected chi connectivity index (χ1v) is 16.4. The van der Waals surface area contributed by atoms with Gasteiger partial charge in [-0.15, -0.1) is 0 Å². The molecule has 0 aliphatic carbocycles. The number of hydrogen-bond acceptors (Lipinski definition) is 13. The first-order chi connectivity index (χ1) is 25.1. The lowest BCUT2D eigenvalue weighted by molar-refractivity contribution is -0.143. The van der Waals surface area contributed by atoms with E-state index in [1.165, 1.54) is 0 Å². The van der Waals surface area contributed by atoms with Gasteiger partial charge in [-0.25, -0.2) is 4.79 Å². The molecule has 0 aromatic rings. The summed E-state index contributed by atoms with van der Waals surface area (Å²) in [6.45, 7) is 1.47. The van der Waals surface area contributed by atoms with Gasteiger partial charge in [-0.05, 0) is 25.2 Å². The number of hydrogen-bond donors (Lipinski definition) is 13. The summed E-state index contributed by atoms with van der Waals surface area (Å²) in [7, 11) is 0. The second-order valence-electron chi connectivity index (χ2n) is 11.9. The summed E-state index contributed by atoms with van der Waals surface area (Å²) in [4.78, 5) is 134. The minimum Gasteiger partial charge on any atom is -0.481 e. The van der Waals surface area contributed by atoms with Crippen LogP contribution in [0.4, 0.5) is 0 Å². The van der Waals surface area contributed by atoms with Crippen molar-refractivity contribution in [3.8, 4) is 0 Å². The molecule has 0 aliphatic rings. The van der Waals surface area contributed by atoms with Crippen LogP contribution >= 0.6 is 0 Å². The number of nitrogens with two attached hydrogens (primary N) is 1. The minimum absolute atomic E-state index is 0.370. The molecule has 0 aliphatic heterocycles. The van der Waals surface area contributed by atoms with Crippen molar-refractivity contribution >= 4 is 65.3 Å². The SMILES string of the molecule is CC[C@H](C)[C@H](N)C(=O)N[C@@H](CCC(=O)O)C(=O)N[C@@H](CC(=O)O)C(=O)N[C@@H](CCC(=O)O)C(=O)N[C@@H](CCC(=O)O)C(=O)NCC(=O)N[C@@H](CO)C(=O)O. The molecule has 0 radical (unpaired) electrons. The largest absolute Gasteiger partial charge is 0.481 e. The van der Waals surface area contributed by atoms with Crippen molar-refractivity contribution < 1.29 is 83.4 Å². The number of aliphatic hydroxyl groups excluding tert-OH is 1. The number of carboxylic acid groups (broad SMARTS) is 5. The summed E-state index contributed by atoms with van der Waals surface area (Å²) in [5.74, 6) is -14.9. The lowest BCUT2D eigenvalue weighted by atomic mass is 9.98. The van der Waals surface area contributed by atoms with Crippen LogP contribution in [0.5, 0.6) is 0 Å². The van der Waals surface area contributed by atoms with Crippen LogP contribution in [0.2, 0.25) is 0 Å². The lowest BCUT2D eigenvalue weighted by Gasteiger charge is -2.26. The highest BCUT2D eigenvalue weighted by molar-refractivity contribution is 5.98. The molecule has 24 nitrogen and oxygen atoms in total. The quantitative estimate of drug-likeness (QED) is 0.0371. The van der Waals surface area contributed by atoms with Crippen LogP contribution in [0, 0.1) is 5.92 Å². The maximum absolute atomic E-state index is 13.3. The van der Waals surface area contributed by atoms with Gasteiger partial charge in [-0.2, -0.15) is 0 Å². The third-order valence-electron chi connectivity index (χ3n) is 7.65. The predicted molar refractivity (Wildman–Crippen MR) is 178 cm³/mol. The van der Waals surface area contributed by atoms with Crippen LogP contribution in [-0.2, 0) is 52.7 Å². The Morgan fingerprint density at radius 3 is 1.30 bits per heavy atom. The molecule has 0 bridgehead atoms. The Balaban J connectivity index is 6.23. The molecule has 304 valence electrons. The van der Waals surface area contributed by atoms with Crippen LogP contribution in [0.1, 0.15) is 65.2 Å². The van der Waals surface area contributed by atoms with E-state index in [0.29, 0.717) is 6.42 Å². The van der Waals surface area contributed by atoms with Crippen molar-refractivity contribution in [2.24, 2.45) is 11.7 Å². The van der Waals surface area contributed by atoms with Crippen molar-refractivity contribution in [1.82, 2.24) is 31.9 Å². The molecular weight excluding hydrogens is 730 g/mol. The van der Waals surface area contributed by atoms with E-state index in [9.17, 15) is 63.0 Å². The van der Waals surface area contributed by atoms with Gasteiger partial charge in [0.25, 0.3) is 0 Å². The molecule has 54 heavy (non-hydrogen) atoms. The molecule has 6 amide bonds. The first kappa shape index (κ1) is 48.1. The van der Waals surface area contributed by atoms with Crippen molar-refractivity contribution in [2.75, 3.05) is 13.2 Å². The van der Waals surface area contributed by atoms with Crippen LogP contribution in [0.3, 0.4) is 0 Å². The zero-order valence-corrected chi connectivity index (χ0v) is 29.4. The van der Waals surface area contributed by atoms with Crippen molar-refractivity contribution in [3.05, 3.63) is 0 Å². The lowest BCUT2D eigenvalue weighted by Crippen LogP contribution is -2.59. The second kappa shape index (κ2) is 24.4.